The maximum atomic E-state index is 12.8. The lowest BCUT2D eigenvalue weighted by Gasteiger charge is -2.33. The van der Waals surface area contributed by atoms with Crippen LogP contribution in [0.15, 0.2) is 24.3 Å². The van der Waals surface area contributed by atoms with Crippen LogP contribution in [0.5, 0.6) is 0 Å². The summed E-state index contributed by atoms with van der Waals surface area (Å²) in [7, 11) is 1.92. The van der Waals surface area contributed by atoms with E-state index in [9.17, 15) is 14.7 Å². The van der Waals surface area contributed by atoms with Gasteiger partial charge in [-0.25, -0.2) is 4.79 Å². The Hall–Kier alpha value is -2.63. The van der Waals surface area contributed by atoms with Crippen LogP contribution in [0, 0.1) is 13.8 Å². The van der Waals surface area contributed by atoms with E-state index in [4.69, 9.17) is 0 Å². The summed E-state index contributed by atoms with van der Waals surface area (Å²) in [4.78, 5) is 25.9. The molecule has 0 radical (unpaired) electrons. The van der Waals surface area contributed by atoms with Gasteiger partial charge in [-0.05, 0) is 56.4 Å². The summed E-state index contributed by atoms with van der Waals surface area (Å²) in [6.07, 6.45) is 3.11. The van der Waals surface area contributed by atoms with Gasteiger partial charge in [-0.15, -0.1) is 0 Å². The van der Waals surface area contributed by atoms with E-state index in [0.717, 1.165) is 41.9 Å². The molecule has 1 atom stereocenters. The van der Waals surface area contributed by atoms with Crippen molar-refractivity contribution in [2.24, 2.45) is 7.05 Å². The van der Waals surface area contributed by atoms with Crippen LogP contribution in [0.2, 0.25) is 0 Å². The zero-order chi connectivity index (χ0) is 19.6. The molecular formula is C21H27N3O3. The van der Waals surface area contributed by atoms with Crippen molar-refractivity contribution in [1.82, 2.24) is 14.7 Å². The molecule has 1 fully saturated rings. The van der Waals surface area contributed by atoms with Crippen LogP contribution in [-0.4, -0.2) is 44.8 Å². The Kier molecular flexibility index (Phi) is 5.63. The van der Waals surface area contributed by atoms with E-state index in [1.54, 1.807) is 18.2 Å². The molecule has 1 N–H and O–H groups in total. The Bertz CT molecular complexity index is 856. The Labute approximate surface area is 159 Å². The van der Waals surface area contributed by atoms with Gasteiger partial charge in [-0.1, -0.05) is 12.1 Å². The predicted octanol–water partition coefficient (Wildman–Crippen LogP) is 3.07. The molecule has 6 nitrogen and oxygen atoms in total. The molecule has 144 valence electrons. The number of carboxylic acid groups (broad SMARTS) is 1. The molecular weight excluding hydrogens is 342 g/mol. The first-order chi connectivity index (χ1) is 12.9. The summed E-state index contributed by atoms with van der Waals surface area (Å²) in [6, 6.07) is 7.10. The number of aromatic nitrogens is 2. The van der Waals surface area contributed by atoms with Crippen molar-refractivity contribution in [3.8, 4) is 0 Å². The summed E-state index contributed by atoms with van der Waals surface area (Å²) < 4.78 is 1.86. The van der Waals surface area contributed by atoms with Gasteiger partial charge in [0, 0.05) is 38.2 Å². The van der Waals surface area contributed by atoms with Crippen LogP contribution in [-0.2, 0) is 18.3 Å². The second-order valence-electron chi connectivity index (χ2n) is 7.38. The quantitative estimate of drug-likeness (QED) is 0.879. The first-order valence-electron chi connectivity index (χ1n) is 9.47. The first-order valence-corrected chi connectivity index (χ1v) is 9.47. The Morgan fingerprint density at radius 3 is 2.74 bits per heavy atom. The van der Waals surface area contributed by atoms with Crippen molar-refractivity contribution >= 4 is 11.9 Å². The number of carbonyl (C=O) groups is 2. The average Bonchev–Trinajstić information content (AvgIpc) is 2.91. The molecule has 1 amide bonds. The lowest BCUT2D eigenvalue weighted by Crippen LogP contribution is -2.39. The van der Waals surface area contributed by atoms with E-state index in [-0.39, 0.29) is 11.8 Å². The van der Waals surface area contributed by atoms with Gasteiger partial charge < -0.3 is 10.0 Å². The standard InChI is InChI=1S/C21H27N3O3/c1-14-19(15(2)23(3)22-14)9-10-20(25)24-11-5-8-18(13-24)16-6-4-7-17(12-16)21(26)27/h4,6-7,12,18H,5,8-11,13H2,1-3H3,(H,26,27). The van der Waals surface area contributed by atoms with Gasteiger partial charge in [-0.3, -0.25) is 9.48 Å². The van der Waals surface area contributed by atoms with Crippen LogP contribution in [0.25, 0.3) is 0 Å². The van der Waals surface area contributed by atoms with Crippen LogP contribution in [0.3, 0.4) is 0 Å². The number of aromatic carboxylic acids is 1. The fourth-order valence-corrected chi connectivity index (χ4v) is 3.97. The topological polar surface area (TPSA) is 75.4 Å². The zero-order valence-corrected chi connectivity index (χ0v) is 16.2. The third-order valence-electron chi connectivity index (χ3n) is 5.63. The lowest BCUT2D eigenvalue weighted by molar-refractivity contribution is -0.132. The van der Waals surface area contributed by atoms with Gasteiger partial charge in [0.1, 0.15) is 0 Å². The highest BCUT2D eigenvalue weighted by Crippen LogP contribution is 2.28. The molecule has 3 rings (SSSR count). The zero-order valence-electron chi connectivity index (χ0n) is 16.2. The van der Waals surface area contributed by atoms with Crippen LogP contribution in [0.1, 0.15) is 58.1 Å². The number of benzene rings is 1. The van der Waals surface area contributed by atoms with Crippen LogP contribution >= 0.6 is 0 Å². The summed E-state index contributed by atoms with van der Waals surface area (Å²) in [6.45, 7) is 5.46. The Morgan fingerprint density at radius 1 is 1.30 bits per heavy atom. The normalized spacial score (nSPS) is 17.1. The fourth-order valence-electron chi connectivity index (χ4n) is 3.97. The lowest BCUT2D eigenvalue weighted by atomic mass is 9.89. The molecule has 1 unspecified atom stereocenters. The highest BCUT2D eigenvalue weighted by atomic mass is 16.4. The number of aryl methyl sites for hydroxylation is 2. The number of piperidine rings is 1. The molecule has 0 bridgehead atoms. The molecule has 1 aliphatic rings. The molecule has 2 heterocycles. The van der Waals surface area contributed by atoms with E-state index < -0.39 is 5.97 Å². The summed E-state index contributed by atoms with van der Waals surface area (Å²) in [5.74, 6) is -0.552. The van der Waals surface area contributed by atoms with Gasteiger partial charge >= 0.3 is 5.97 Å². The predicted molar refractivity (Wildman–Crippen MR) is 103 cm³/mol. The molecule has 0 spiro atoms. The number of carbonyl (C=O) groups excluding carboxylic acids is 1. The molecule has 0 aliphatic carbocycles. The highest BCUT2D eigenvalue weighted by molar-refractivity contribution is 5.87. The average molecular weight is 369 g/mol. The molecule has 1 aliphatic heterocycles. The molecule has 1 aromatic carbocycles. The third-order valence-corrected chi connectivity index (χ3v) is 5.63. The van der Waals surface area contributed by atoms with Crippen molar-refractivity contribution in [1.29, 1.82) is 0 Å². The van der Waals surface area contributed by atoms with Crippen LogP contribution in [0.4, 0.5) is 0 Å². The number of carboxylic acids is 1. The molecule has 1 aromatic heterocycles. The van der Waals surface area contributed by atoms with Crippen LogP contribution < -0.4 is 0 Å². The fraction of sp³-hybridized carbons (Fsp3) is 0.476. The minimum Gasteiger partial charge on any atom is -0.478 e. The smallest absolute Gasteiger partial charge is 0.335 e. The van der Waals surface area contributed by atoms with Gasteiger partial charge in [0.15, 0.2) is 0 Å². The minimum absolute atomic E-state index is 0.164. The Balaban J connectivity index is 1.64. The minimum atomic E-state index is -0.914. The molecule has 1 saturated heterocycles. The molecule has 27 heavy (non-hydrogen) atoms. The van der Waals surface area contributed by atoms with Gasteiger partial charge in [0.05, 0.1) is 11.3 Å². The monoisotopic (exact) mass is 369 g/mol. The van der Waals surface area contributed by atoms with Crippen molar-refractivity contribution in [2.75, 3.05) is 13.1 Å². The highest BCUT2D eigenvalue weighted by Gasteiger charge is 2.25. The summed E-state index contributed by atoms with van der Waals surface area (Å²) in [5, 5.41) is 13.6. The number of hydrogen-bond donors (Lipinski definition) is 1. The Morgan fingerprint density at radius 2 is 2.07 bits per heavy atom. The van der Waals surface area contributed by atoms with Crippen molar-refractivity contribution < 1.29 is 14.7 Å². The van der Waals surface area contributed by atoms with E-state index in [1.165, 1.54) is 0 Å². The summed E-state index contributed by atoms with van der Waals surface area (Å²) in [5.41, 5.74) is 4.57. The first kappa shape index (κ1) is 19.1. The molecule has 0 saturated carbocycles. The molecule has 6 heteroatoms. The largest absolute Gasteiger partial charge is 0.478 e. The van der Waals surface area contributed by atoms with Gasteiger partial charge in [0.25, 0.3) is 0 Å². The van der Waals surface area contributed by atoms with E-state index in [2.05, 4.69) is 5.10 Å². The number of rotatable bonds is 5. The van der Waals surface area contributed by atoms with E-state index >= 15 is 0 Å². The summed E-state index contributed by atoms with van der Waals surface area (Å²) >= 11 is 0. The molecule has 2 aromatic rings. The maximum absolute atomic E-state index is 12.8. The van der Waals surface area contributed by atoms with E-state index in [1.807, 2.05) is 36.5 Å². The van der Waals surface area contributed by atoms with Crippen molar-refractivity contribution in [3.05, 3.63) is 52.3 Å². The van der Waals surface area contributed by atoms with Crippen molar-refractivity contribution in [3.63, 3.8) is 0 Å². The SMILES string of the molecule is Cc1nn(C)c(C)c1CCC(=O)N1CCCC(c2cccc(C(=O)O)c2)C1. The van der Waals surface area contributed by atoms with Crippen molar-refractivity contribution in [2.45, 2.75) is 45.4 Å². The number of likely N-dealkylation sites (tertiary alicyclic amines) is 1. The van der Waals surface area contributed by atoms with E-state index in [0.29, 0.717) is 24.9 Å². The number of amides is 1. The third kappa shape index (κ3) is 4.21. The second kappa shape index (κ2) is 7.94. The maximum Gasteiger partial charge on any atom is 0.335 e. The number of hydrogen-bond acceptors (Lipinski definition) is 3. The second-order valence-corrected chi connectivity index (χ2v) is 7.38. The van der Waals surface area contributed by atoms with Gasteiger partial charge in [0.2, 0.25) is 5.91 Å². The number of nitrogens with zero attached hydrogens (tertiary/aromatic N) is 3. The van der Waals surface area contributed by atoms with Gasteiger partial charge in [-0.2, -0.15) is 5.10 Å².